The largest absolute Gasteiger partial charge is 0.324 e. The van der Waals surface area contributed by atoms with Crippen LogP contribution >= 0.6 is 0 Å². The molecule has 0 spiro atoms. The number of anilines is 1. The molecule has 2 aromatic rings. The summed E-state index contributed by atoms with van der Waals surface area (Å²) in [7, 11) is 0. The number of amides is 1. The number of hydrogen-bond donors (Lipinski definition) is 3. The highest BCUT2D eigenvalue weighted by atomic mass is 16.2. The molecule has 22 heavy (non-hydrogen) atoms. The van der Waals surface area contributed by atoms with Crippen LogP contribution in [0.1, 0.15) is 29.2 Å². The average molecular weight is 295 g/mol. The van der Waals surface area contributed by atoms with E-state index in [-0.39, 0.29) is 18.0 Å². The summed E-state index contributed by atoms with van der Waals surface area (Å²) < 4.78 is 0. The smallest absolute Gasteiger partial charge is 0.242 e. The minimum Gasteiger partial charge on any atom is -0.324 e. The van der Waals surface area contributed by atoms with Gasteiger partial charge in [-0.2, -0.15) is 0 Å². The Balaban J connectivity index is 1.64. The predicted molar refractivity (Wildman–Crippen MR) is 88.4 cm³/mol. The summed E-state index contributed by atoms with van der Waals surface area (Å²) in [5.74, 6) is -0.00332. The number of carbonyl (C=O) groups is 1. The summed E-state index contributed by atoms with van der Waals surface area (Å²) in [4.78, 5) is 12.4. The van der Waals surface area contributed by atoms with Gasteiger partial charge in [0.05, 0.1) is 0 Å². The standard InChI is InChI=1S/C18H21N3O/c1-12-7-9-14(10-8-12)16-11-17(21-20-16)18(22)19-15-6-4-3-5-13(15)2/h3-10,16-17,20-21H,11H2,1-2H3,(H,19,22). The lowest BCUT2D eigenvalue weighted by Crippen LogP contribution is -2.39. The van der Waals surface area contributed by atoms with Gasteiger partial charge in [0.25, 0.3) is 0 Å². The van der Waals surface area contributed by atoms with Gasteiger partial charge >= 0.3 is 0 Å². The molecule has 2 atom stereocenters. The van der Waals surface area contributed by atoms with Crippen molar-refractivity contribution >= 4 is 11.6 Å². The quantitative estimate of drug-likeness (QED) is 0.816. The molecule has 3 rings (SSSR count). The second-order valence-corrected chi connectivity index (χ2v) is 5.84. The number of hydrogen-bond acceptors (Lipinski definition) is 3. The number of hydrazine groups is 1. The molecule has 2 unspecified atom stereocenters. The van der Waals surface area contributed by atoms with E-state index >= 15 is 0 Å². The van der Waals surface area contributed by atoms with Crippen LogP contribution in [0.15, 0.2) is 48.5 Å². The number of aryl methyl sites for hydroxylation is 2. The van der Waals surface area contributed by atoms with Crippen molar-refractivity contribution in [1.29, 1.82) is 0 Å². The third kappa shape index (κ3) is 3.18. The molecule has 0 radical (unpaired) electrons. The Morgan fingerprint density at radius 3 is 2.50 bits per heavy atom. The molecular weight excluding hydrogens is 274 g/mol. The van der Waals surface area contributed by atoms with Gasteiger partial charge in [0.15, 0.2) is 0 Å². The molecule has 1 saturated heterocycles. The first kappa shape index (κ1) is 14.8. The highest BCUT2D eigenvalue weighted by Gasteiger charge is 2.30. The van der Waals surface area contributed by atoms with Crippen LogP contribution in [0.5, 0.6) is 0 Å². The van der Waals surface area contributed by atoms with Gasteiger partial charge in [-0.1, -0.05) is 48.0 Å². The first-order valence-corrected chi connectivity index (χ1v) is 7.57. The topological polar surface area (TPSA) is 53.2 Å². The van der Waals surface area contributed by atoms with Gasteiger partial charge in [0, 0.05) is 11.7 Å². The molecule has 4 nitrogen and oxygen atoms in total. The molecule has 114 valence electrons. The van der Waals surface area contributed by atoms with Crippen molar-refractivity contribution in [2.45, 2.75) is 32.4 Å². The monoisotopic (exact) mass is 295 g/mol. The molecule has 1 aliphatic heterocycles. The SMILES string of the molecule is Cc1ccc(C2CC(C(=O)Nc3ccccc3C)NN2)cc1. The lowest BCUT2D eigenvalue weighted by atomic mass is 10.0. The van der Waals surface area contributed by atoms with Crippen molar-refractivity contribution in [1.82, 2.24) is 10.9 Å². The fraction of sp³-hybridized carbons (Fsp3) is 0.278. The minimum atomic E-state index is -0.231. The van der Waals surface area contributed by atoms with Crippen molar-refractivity contribution < 1.29 is 4.79 Å². The summed E-state index contributed by atoms with van der Waals surface area (Å²) in [5, 5.41) is 2.99. The fourth-order valence-corrected chi connectivity index (χ4v) is 2.68. The van der Waals surface area contributed by atoms with Gasteiger partial charge in [-0.15, -0.1) is 0 Å². The van der Waals surface area contributed by atoms with Crippen molar-refractivity contribution in [3.8, 4) is 0 Å². The Kier molecular flexibility index (Phi) is 4.22. The van der Waals surface area contributed by atoms with Crippen LogP contribution in [0.3, 0.4) is 0 Å². The number of para-hydroxylation sites is 1. The molecular formula is C18H21N3O. The molecule has 0 aliphatic carbocycles. The van der Waals surface area contributed by atoms with E-state index in [9.17, 15) is 4.79 Å². The van der Waals surface area contributed by atoms with Crippen molar-refractivity contribution in [3.05, 3.63) is 65.2 Å². The highest BCUT2D eigenvalue weighted by molar-refractivity contribution is 5.95. The van der Waals surface area contributed by atoms with Crippen LogP contribution in [0, 0.1) is 13.8 Å². The Morgan fingerprint density at radius 2 is 1.77 bits per heavy atom. The predicted octanol–water partition coefficient (Wildman–Crippen LogP) is 2.85. The van der Waals surface area contributed by atoms with E-state index in [1.807, 2.05) is 31.2 Å². The zero-order chi connectivity index (χ0) is 15.5. The molecule has 0 bridgehead atoms. The lowest BCUT2D eigenvalue weighted by molar-refractivity contribution is -0.117. The van der Waals surface area contributed by atoms with E-state index in [0.717, 1.165) is 17.7 Å². The molecule has 1 heterocycles. The first-order chi connectivity index (χ1) is 10.6. The number of carbonyl (C=O) groups excluding carboxylic acids is 1. The molecule has 3 N–H and O–H groups in total. The van der Waals surface area contributed by atoms with E-state index in [1.165, 1.54) is 11.1 Å². The fourth-order valence-electron chi connectivity index (χ4n) is 2.68. The van der Waals surface area contributed by atoms with Crippen molar-refractivity contribution in [2.75, 3.05) is 5.32 Å². The van der Waals surface area contributed by atoms with Gasteiger partial charge in [-0.3, -0.25) is 4.79 Å². The van der Waals surface area contributed by atoms with E-state index in [2.05, 4.69) is 47.4 Å². The van der Waals surface area contributed by atoms with Crippen LogP contribution in [0.2, 0.25) is 0 Å². The van der Waals surface area contributed by atoms with Gasteiger partial charge in [0.1, 0.15) is 6.04 Å². The maximum absolute atomic E-state index is 12.4. The van der Waals surface area contributed by atoms with E-state index in [0.29, 0.717) is 0 Å². The molecule has 1 fully saturated rings. The van der Waals surface area contributed by atoms with Crippen LogP contribution in [0.4, 0.5) is 5.69 Å². The van der Waals surface area contributed by atoms with Crippen LogP contribution in [0.25, 0.3) is 0 Å². The summed E-state index contributed by atoms with van der Waals surface area (Å²) in [6.45, 7) is 4.06. The summed E-state index contributed by atoms with van der Waals surface area (Å²) >= 11 is 0. The van der Waals surface area contributed by atoms with Crippen LogP contribution in [-0.4, -0.2) is 11.9 Å². The number of nitrogens with one attached hydrogen (secondary N) is 3. The van der Waals surface area contributed by atoms with Crippen molar-refractivity contribution in [3.63, 3.8) is 0 Å². The van der Waals surface area contributed by atoms with Crippen molar-refractivity contribution in [2.24, 2.45) is 0 Å². The zero-order valence-electron chi connectivity index (χ0n) is 12.9. The highest BCUT2D eigenvalue weighted by Crippen LogP contribution is 2.23. The Morgan fingerprint density at radius 1 is 1.05 bits per heavy atom. The first-order valence-electron chi connectivity index (χ1n) is 7.57. The van der Waals surface area contributed by atoms with Crippen LogP contribution < -0.4 is 16.2 Å². The van der Waals surface area contributed by atoms with E-state index < -0.39 is 0 Å². The van der Waals surface area contributed by atoms with E-state index in [4.69, 9.17) is 0 Å². The third-order valence-electron chi connectivity index (χ3n) is 4.10. The third-order valence-corrected chi connectivity index (χ3v) is 4.10. The van der Waals surface area contributed by atoms with E-state index in [1.54, 1.807) is 0 Å². The van der Waals surface area contributed by atoms with Gasteiger partial charge in [-0.25, -0.2) is 10.9 Å². The van der Waals surface area contributed by atoms with Gasteiger partial charge in [0.2, 0.25) is 5.91 Å². The van der Waals surface area contributed by atoms with Gasteiger partial charge in [-0.05, 0) is 37.5 Å². The van der Waals surface area contributed by atoms with Crippen LogP contribution in [-0.2, 0) is 4.79 Å². The molecule has 1 aliphatic rings. The lowest BCUT2D eigenvalue weighted by Gasteiger charge is -2.12. The number of rotatable bonds is 3. The summed E-state index contributed by atoms with van der Waals surface area (Å²) in [6, 6.07) is 16.1. The molecule has 0 saturated carbocycles. The molecule has 1 amide bonds. The Hall–Kier alpha value is -2.17. The number of benzene rings is 2. The summed E-state index contributed by atoms with van der Waals surface area (Å²) in [6.07, 6.45) is 0.737. The maximum Gasteiger partial charge on any atom is 0.242 e. The Bertz CT molecular complexity index is 666. The second kappa shape index (κ2) is 6.30. The second-order valence-electron chi connectivity index (χ2n) is 5.84. The normalized spacial score (nSPS) is 20.8. The summed E-state index contributed by atoms with van der Waals surface area (Å²) in [5.41, 5.74) is 10.7. The zero-order valence-corrected chi connectivity index (χ0v) is 12.9. The molecule has 2 aromatic carbocycles. The average Bonchev–Trinajstić information content (AvgIpc) is 3.00. The Labute approximate surface area is 130 Å². The maximum atomic E-state index is 12.4. The molecule has 4 heteroatoms. The minimum absolute atomic E-state index is 0.00332. The molecule has 0 aromatic heterocycles. The van der Waals surface area contributed by atoms with Gasteiger partial charge < -0.3 is 5.32 Å².